The lowest BCUT2D eigenvalue weighted by Gasteiger charge is -1.97. The van der Waals surface area contributed by atoms with Crippen molar-refractivity contribution in [1.82, 2.24) is 14.8 Å². The summed E-state index contributed by atoms with van der Waals surface area (Å²) in [5, 5.41) is 14.8. The molecule has 0 unspecified atom stereocenters. The van der Waals surface area contributed by atoms with E-state index in [9.17, 15) is 9.90 Å². The SMILES string of the molecule is Cc1cc(=O)n(-c2nc(-c3cccc(O)c3)cs2)[nH]1. The first kappa shape index (κ1) is 11.7. The van der Waals surface area contributed by atoms with Gasteiger partial charge in [0, 0.05) is 22.7 Å². The van der Waals surface area contributed by atoms with Crippen LogP contribution in [0.2, 0.25) is 0 Å². The Morgan fingerprint density at radius 2 is 2.21 bits per heavy atom. The number of hydrogen-bond acceptors (Lipinski definition) is 4. The van der Waals surface area contributed by atoms with Gasteiger partial charge in [0.25, 0.3) is 5.56 Å². The molecule has 19 heavy (non-hydrogen) atoms. The minimum absolute atomic E-state index is 0.130. The summed E-state index contributed by atoms with van der Waals surface area (Å²) in [6, 6.07) is 8.39. The number of hydrogen-bond donors (Lipinski definition) is 2. The molecule has 0 saturated heterocycles. The number of aryl methyl sites for hydroxylation is 1. The third kappa shape index (κ3) is 2.17. The predicted molar refractivity (Wildman–Crippen MR) is 73.9 cm³/mol. The molecule has 1 aromatic carbocycles. The lowest BCUT2D eigenvalue weighted by Crippen LogP contribution is -2.12. The molecule has 96 valence electrons. The minimum atomic E-state index is -0.130. The zero-order valence-corrected chi connectivity index (χ0v) is 10.9. The molecule has 0 aliphatic heterocycles. The summed E-state index contributed by atoms with van der Waals surface area (Å²) < 4.78 is 1.41. The van der Waals surface area contributed by atoms with E-state index in [-0.39, 0.29) is 11.3 Å². The molecule has 0 bridgehead atoms. The van der Waals surface area contributed by atoms with E-state index in [0.29, 0.717) is 5.13 Å². The first-order valence-electron chi connectivity index (χ1n) is 5.67. The molecule has 2 N–H and O–H groups in total. The van der Waals surface area contributed by atoms with Crippen LogP contribution in [0.3, 0.4) is 0 Å². The Labute approximate surface area is 112 Å². The molecule has 0 aliphatic carbocycles. The number of aromatic nitrogens is 3. The van der Waals surface area contributed by atoms with Gasteiger partial charge in [-0.05, 0) is 19.1 Å². The molecule has 0 radical (unpaired) electrons. The van der Waals surface area contributed by atoms with Gasteiger partial charge in [0.1, 0.15) is 5.75 Å². The number of nitrogens with one attached hydrogen (secondary N) is 1. The van der Waals surface area contributed by atoms with Crippen LogP contribution in [0.5, 0.6) is 5.75 Å². The normalized spacial score (nSPS) is 10.8. The van der Waals surface area contributed by atoms with E-state index in [1.807, 2.05) is 18.4 Å². The van der Waals surface area contributed by atoms with E-state index >= 15 is 0 Å². The van der Waals surface area contributed by atoms with Gasteiger partial charge in [-0.15, -0.1) is 11.3 Å². The van der Waals surface area contributed by atoms with Gasteiger partial charge < -0.3 is 5.11 Å². The molecule has 0 atom stereocenters. The van der Waals surface area contributed by atoms with Crippen LogP contribution in [0.1, 0.15) is 5.69 Å². The van der Waals surface area contributed by atoms with Gasteiger partial charge in [-0.3, -0.25) is 9.89 Å². The number of H-pyrrole nitrogens is 1. The summed E-state index contributed by atoms with van der Waals surface area (Å²) in [5.41, 5.74) is 2.21. The second-order valence-electron chi connectivity index (χ2n) is 4.18. The number of aromatic hydroxyl groups is 1. The van der Waals surface area contributed by atoms with Gasteiger partial charge >= 0.3 is 0 Å². The van der Waals surface area contributed by atoms with Gasteiger partial charge in [-0.25, -0.2) is 4.98 Å². The largest absolute Gasteiger partial charge is 0.508 e. The fourth-order valence-electron chi connectivity index (χ4n) is 1.82. The van der Waals surface area contributed by atoms with Crippen LogP contribution >= 0.6 is 11.3 Å². The van der Waals surface area contributed by atoms with Crippen molar-refractivity contribution in [1.29, 1.82) is 0 Å². The van der Waals surface area contributed by atoms with Crippen molar-refractivity contribution in [2.24, 2.45) is 0 Å². The van der Waals surface area contributed by atoms with Gasteiger partial charge in [0.2, 0.25) is 5.13 Å². The summed E-state index contributed by atoms with van der Waals surface area (Å²) in [7, 11) is 0. The van der Waals surface area contributed by atoms with Gasteiger partial charge in [0.15, 0.2) is 0 Å². The lowest BCUT2D eigenvalue weighted by atomic mass is 10.2. The molecule has 0 spiro atoms. The molecular weight excluding hydrogens is 262 g/mol. The van der Waals surface area contributed by atoms with Crippen LogP contribution in [0.15, 0.2) is 40.5 Å². The summed E-state index contributed by atoms with van der Waals surface area (Å²) in [6.45, 7) is 1.82. The Morgan fingerprint density at radius 3 is 2.89 bits per heavy atom. The number of phenols is 1. The number of nitrogens with zero attached hydrogens (tertiary/aromatic N) is 2. The smallest absolute Gasteiger partial charge is 0.273 e. The molecular formula is C13H11N3O2S. The summed E-state index contributed by atoms with van der Waals surface area (Å²) in [5.74, 6) is 0.194. The van der Waals surface area contributed by atoms with E-state index in [1.165, 1.54) is 22.1 Å². The van der Waals surface area contributed by atoms with Gasteiger partial charge in [-0.2, -0.15) is 4.68 Å². The molecule has 0 aliphatic rings. The van der Waals surface area contributed by atoms with E-state index in [1.54, 1.807) is 18.2 Å². The number of phenolic OH excluding ortho intramolecular Hbond substituents is 1. The summed E-state index contributed by atoms with van der Waals surface area (Å²) in [6.07, 6.45) is 0. The molecule has 0 saturated carbocycles. The van der Waals surface area contributed by atoms with Crippen LogP contribution in [-0.4, -0.2) is 19.9 Å². The first-order valence-corrected chi connectivity index (χ1v) is 6.55. The molecule has 6 heteroatoms. The standard InChI is InChI=1S/C13H11N3O2S/c1-8-5-12(18)16(15-8)13-14-11(7-19-13)9-3-2-4-10(17)6-9/h2-7,15,17H,1H3. The zero-order valence-electron chi connectivity index (χ0n) is 10.1. The van der Waals surface area contributed by atoms with Gasteiger partial charge in [-0.1, -0.05) is 12.1 Å². The van der Waals surface area contributed by atoms with Crippen molar-refractivity contribution < 1.29 is 5.11 Å². The van der Waals surface area contributed by atoms with Crippen LogP contribution in [0.25, 0.3) is 16.4 Å². The van der Waals surface area contributed by atoms with E-state index in [0.717, 1.165) is 17.0 Å². The van der Waals surface area contributed by atoms with Gasteiger partial charge in [0.05, 0.1) is 5.69 Å². The fraction of sp³-hybridized carbons (Fsp3) is 0.0769. The highest BCUT2D eigenvalue weighted by atomic mass is 32.1. The molecule has 2 aromatic heterocycles. The average molecular weight is 273 g/mol. The molecule has 0 amide bonds. The minimum Gasteiger partial charge on any atom is -0.508 e. The summed E-state index contributed by atoms with van der Waals surface area (Å²) in [4.78, 5) is 16.1. The first-order chi connectivity index (χ1) is 9.13. The average Bonchev–Trinajstić information content (AvgIpc) is 2.96. The third-order valence-electron chi connectivity index (χ3n) is 2.67. The van der Waals surface area contributed by atoms with Crippen LogP contribution < -0.4 is 5.56 Å². The highest BCUT2D eigenvalue weighted by molar-refractivity contribution is 7.12. The molecule has 3 rings (SSSR count). The number of thiazole rings is 1. The number of benzene rings is 1. The summed E-state index contributed by atoms with van der Waals surface area (Å²) >= 11 is 1.37. The molecule has 2 heterocycles. The Balaban J connectivity index is 2.05. The Morgan fingerprint density at radius 1 is 1.37 bits per heavy atom. The maximum absolute atomic E-state index is 11.7. The second kappa shape index (κ2) is 4.40. The molecule has 0 fully saturated rings. The van der Waals surface area contributed by atoms with E-state index in [2.05, 4.69) is 10.1 Å². The predicted octanol–water partition coefficient (Wildman–Crippen LogP) is 2.30. The van der Waals surface area contributed by atoms with Crippen molar-refractivity contribution in [3.8, 4) is 22.1 Å². The van der Waals surface area contributed by atoms with E-state index < -0.39 is 0 Å². The van der Waals surface area contributed by atoms with Crippen molar-refractivity contribution >= 4 is 11.3 Å². The highest BCUT2D eigenvalue weighted by Gasteiger charge is 2.09. The highest BCUT2D eigenvalue weighted by Crippen LogP contribution is 2.25. The number of rotatable bonds is 2. The third-order valence-corrected chi connectivity index (χ3v) is 3.50. The second-order valence-corrected chi connectivity index (χ2v) is 5.02. The lowest BCUT2D eigenvalue weighted by molar-refractivity contribution is 0.475. The maximum atomic E-state index is 11.7. The maximum Gasteiger partial charge on any atom is 0.273 e. The zero-order chi connectivity index (χ0) is 13.4. The quantitative estimate of drug-likeness (QED) is 0.752. The van der Waals surface area contributed by atoms with E-state index in [4.69, 9.17) is 0 Å². The molecule has 5 nitrogen and oxygen atoms in total. The van der Waals surface area contributed by atoms with Crippen LogP contribution in [0.4, 0.5) is 0 Å². The fourth-order valence-corrected chi connectivity index (χ4v) is 2.62. The number of aromatic amines is 1. The monoisotopic (exact) mass is 273 g/mol. The van der Waals surface area contributed by atoms with Crippen molar-refractivity contribution in [2.45, 2.75) is 6.92 Å². The Bertz CT molecular complexity index is 785. The van der Waals surface area contributed by atoms with Crippen LogP contribution in [-0.2, 0) is 0 Å². The Hall–Kier alpha value is -2.34. The Kier molecular flexibility index (Phi) is 2.72. The van der Waals surface area contributed by atoms with Crippen molar-refractivity contribution in [3.05, 3.63) is 51.8 Å². The molecule has 3 aromatic rings. The van der Waals surface area contributed by atoms with Crippen LogP contribution in [0, 0.1) is 6.92 Å². The topological polar surface area (TPSA) is 70.9 Å². The van der Waals surface area contributed by atoms with Crippen molar-refractivity contribution in [2.75, 3.05) is 0 Å². The van der Waals surface area contributed by atoms with Crippen molar-refractivity contribution in [3.63, 3.8) is 0 Å².